The Hall–Kier alpha value is -0.0400. The summed E-state index contributed by atoms with van der Waals surface area (Å²) >= 11 is 0. The van der Waals surface area contributed by atoms with Gasteiger partial charge in [0.15, 0.2) is 0 Å². The predicted molar refractivity (Wildman–Crippen MR) is 42.8 cm³/mol. The van der Waals surface area contributed by atoms with Crippen molar-refractivity contribution in [2.24, 2.45) is 34.8 Å². The zero-order valence-electron chi connectivity index (χ0n) is 6.79. The molecule has 1 nitrogen and oxygen atoms in total. The third-order valence-corrected chi connectivity index (χ3v) is 5.49. The van der Waals surface area contributed by atoms with E-state index >= 15 is 0 Å². The molecule has 11 heavy (non-hydrogen) atoms. The third-order valence-electron chi connectivity index (χ3n) is 5.49. The van der Waals surface area contributed by atoms with Crippen molar-refractivity contribution < 1.29 is 0 Å². The van der Waals surface area contributed by atoms with Crippen LogP contribution in [0.2, 0.25) is 0 Å². The normalized spacial score (nSPS) is 75.5. The van der Waals surface area contributed by atoms with E-state index in [0.29, 0.717) is 6.04 Å². The Balaban J connectivity index is 1.87. The lowest BCUT2D eigenvalue weighted by Gasteiger charge is -2.56. The molecule has 2 bridgehead atoms. The number of hydrogen-bond donors (Lipinski definition) is 1. The van der Waals surface area contributed by atoms with E-state index in [0.717, 1.165) is 29.1 Å². The Morgan fingerprint density at radius 1 is 1.09 bits per heavy atom. The van der Waals surface area contributed by atoms with Crippen LogP contribution in [0, 0.1) is 29.1 Å². The topological polar surface area (TPSA) is 26.0 Å². The summed E-state index contributed by atoms with van der Waals surface area (Å²) in [5.74, 6) is 4.33. The molecular formula is C10H15N. The highest BCUT2D eigenvalue weighted by Gasteiger charge is 2.76. The van der Waals surface area contributed by atoms with E-state index in [1.807, 2.05) is 0 Å². The Morgan fingerprint density at radius 2 is 2.00 bits per heavy atom. The minimum Gasteiger partial charge on any atom is -0.327 e. The molecule has 0 heterocycles. The second-order valence-electron chi connectivity index (χ2n) is 5.36. The SMILES string of the molecule is NC1CC2C3CC4CC1C42C3. The molecule has 1 heteroatoms. The smallest absolute Gasteiger partial charge is 0.00757 e. The van der Waals surface area contributed by atoms with Gasteiger partial charge in [-0.05, 0) is 54.8 Å². The van der Waals surface area contributed by atoms with E-state index < -0.39 is 0 Å². The van der Waals surface area contributed by atoms with E-state index in [-0.39, 0.29) is 0 Å². The predicted octanol–water partition coefficient (Wildman–Crippen LogP) is 1.38. The van der Waals surface area contributed by atoms with Crippen molar-refractivity contribution in [2.45, 2.75) is 31.7 Å². The van der Waals surface area contributed by atoms with Crippen LogP contribution in [-0.2, 0) is 0 Å². The molecule has 0 amide bonds. The van der Waals surface area contributed by atoms with Crippen molar-refractivity contribution in [3.05, 3.63) is 0 Å². The van der Waals surface area contributed by atoms with Gasteiger partial charge in [0.2, 0.25) is 0 Å². The lowest BCUT2D eigenvalue weighted by molar-refractivity contribution is -0.0812. The molecule has 5 fully saturated rings. The molecule has 2 N–H and O–H groups in total. The molecule has 60 valence electrons. The lowest BCUT2D eigenvalue weighted by Crippen LogP contribution is -2.52. The molecule has 0 saturated heterocycles. The molecule has 5 rings (SSSR count). The number of nitrogens with two attached hydrogens (primary N) is 1. The van der Waals surface area contributed by atoms with Gasteiger partial charge in [-0.25, -0.2) is 0 Å². The zero-order chi connectivity index (χ0) is 7.22. The number of rotatable bonds is 0. The van der Waals surface area contributed by atoms with Crippen molar-refractivity contribution in [2.75, 3.05) is 0 Å². The fraction of sp³-hybridized carbons (Fsp3) is 1.00. The molecule has 0 aromatic heterocycles. The van der Waals surface area contributed by atoms with Gasteiger partial charge >= 0.3 is 0 Å². The summed E-state index contributed by atoms with van der Waals surface area (Å²) in [7, 11) is 0. The Morgan fingerprint density at radius 3 is 2.73 bits per heavy atom. The molecule has 6 unspecified atom stereocenters. The van der Waals surface area contributed by atoms with E-state index in [1.165, 1.54) is 12.8 Å². The van der Waals surface area contributed by atoms with E-state index in [2.05, 4.69) is 0 Å². The summed E-state index contributed by atoms with van der Waals surface area (Å²) in [5.41, 5.74) is 6.97. The molecule has 0 radical (unpaired) electrons. The first kappa shape index (κ1) is 5.58. The van der Waals surface area contributed by atoms with Crippen molar-refractivity contribution in [3.8, 4) is 0 Å². The fourth-order valence-electron chi connectivity index (χ4n) is 5.18. The van der Waals surface area contributed by atoms with Crippen LogP contribution < -0.4 is 5.73 Å². The van der Waals surface area contributed by atoms with Gasteiger partial charge in [0.1, 0.15) is 0 Å². The van der Waals surface area contributed by atoms with Crippen LogP contribution in [0.3, 0.4) is 0 Å². The van der Waals surface area contributed by atoms with Gasteiger partial charge in [0.25, 0.3) is 0 Å². The van der Waals surface area contributed by atoms with Crippen LogP contribution in [0.1, 0.15) is 25.7 Å². The third kappa shape index (κ3) is 0.342. The molecule has 0 aromatic carbocycles. The van der Waals surface area contributed by atoms with E-state index in [4.69, 9.17) is 5.73 Å². The lowest BCUT2D eigenvalue weighted by atomic mass is 9.48. The summed E-state index contributed by atoms with van der Waals surface area (Å²) in [4.78, 5) is 0. The molecule has 1 spiro atoms. The molecule has 5 aliphatic rings. The largest absolute Gasteiger partial charge is 0.327 e. The van der Waals surface area contributed by atoms with Gasteiger partial charge in [-0.2, -0.15) is 0 Å². The van der Waals surface area contributed by atoms with Gasteiger partial charge in [-0.3, -0.25) is 0 Å². The van der Waals surface area contributed by atoms with E-state index in [1.54, 1.807) is 12.8 Å². The van der Waals surface area contributed by atoms with Crippen LogP contribution >= 0.6 is 0 Å². The fourth-order valence-corrected chi connectivity index (χ4v) is 5.18. The molecule has 5 aliphatic carbocycles. The highest BCUT2D eigenvalue weighted by atomic mass is 14.9. The van der Waals surface area contributed by atoms with Gasteiger partial charge in [0, 0.05) is 6.04 Å². The van der Waals surface area contributed by atoms with Crippen molar-refractivity contribution in [1.29, 1.82) is 0 Å². The minimum atomic E-state index is 0.599. The first-order valence-corrected chi connectivity index (χ1v) is 5.08. The standard InChI is InChI=1S/C10H15N/c11-9-3-7-5-1-6-2-8(9)10(6,7)4-5/h5-9H,1-4,11H2. The maximum absolute atomic E-state index is 6.12. The zero-order valence-corrected chi connectivity index (χ0v) is 6.79. The van der Waals surface area contributed by atoms with Crippen molar-refractivity contribution in [3.63, 3.8) is 0 Å². The van der Waals surface area contributed by atoms with Gasteiger partial charge in [0.05, 0.1) is 0 Å². The van der Waals surface area contributed by atoms with Crippen LogP contribution in [0.15, 0.2) is 0 Å². The second kappa shape index (κ2) is 1.28. The van der Waals surface area contributed by atoms with Crippen molar-refractivity contribution in [1.82, 2.24) is 0 Å². The van der Waals surface area contributed by atoms with Crippen molar-refractivity contribution >= 4 is 0 Å². The monoisotopic (exact) mass is 149 g/mol. The molecular weight excluding hydrogens is 134 g/mol. The summed E-state index contributed by atoms with van der Waals surface area (Å²) < 4.78 is 0. The summed E-state index contributed by atoms with van der Waals surface area (Å²) in [6.45, 7) is 0. The van der Waals surface area contributed by atoms with Crippen LogP contribution in [0.25, 0.3) is 0 Å². The average Bonchev–Trinajstić information content (AvgIpc) is 2.34. The first-order valence-electron chi connectivity index (χ1n) is 5.08. The number of hydrogen-bond acceptors (Lipinski definition) is 1. The van der Waals surface area contributed by atoms with Gasteiger partial charge < -0.3 is 5.73 Å². The van der Waals surface area contributed by atoms with E-state index in [9.17, 15) is 0 Å². The molecule has 0 aliphatic heterocycles. The Bertz CT molecular complexity index is 231. The molecule has 5 saturated carbocycles. The highest BCUT2D eigenvalue weighted by molar-refractivity contribution is 5.26. The minimum absolute atomic E-state index is 0.599. The van der Waals surface area contributed by atoms with Gasteiger partial charge in [-0.15, -0.1) is 0 Å². The van der Waals surface area contributed by atoms with Crippen LogP contribution in [-0.4, -0.2) is 6.04 Å². The summed E-state index contributed by atoms with van der Waals surface area (Å²) in [6, 6.07) is 0.599. The maximum Gasteiger partial charge on any atom is 0.00757 e. The average molecular weight is 149 g/mol. The maximum atomic E-state index is 6.12. The summed E-state index contributed by atoms with van der Waals surface area (Å²) in [6.07, 6.45) is 6.02. The summed E-state index contributed by atoms with van der Waals surface area (Å²) in [5, 5.41) is 0. The van der Waals surface area contributed by atoms with Crippen LogP contribution in [0.4, 0.5) is 0 Å². The Kier molecular flexibility index (Phi) is 0.651. The van der Waals surface area contributed by atoms with Crippen LogP contribution in [0.5, 0.6) is 0 Å². The molecule has 0 aromatic rings. The van der Waals surface area contributed by atoms with Gasteiger partial charge in [-0.1, -0.05) is 0 Å². The highest BCUT2D eigenvalue weighted by Crippen LogP contribution is 2.82. The first-order chi connectivity index (χ1) is 5.32. The molecule has 6 atom stereocenters. The Labute approximate surface area is 67.3 Å². The second-order valence-corrected chi connectivity index (χ2v) is 5.36. The quantitative estimate of drug-likeness (QED) is 0.553.